The Labute approximate surface area is 122 Å². The van der Waals surface area contributed by atoms with Crippen molar-refractivity contribution in [1.82, 2.24) is 5.32 Å². The van der Waals surface area contributed by atoms with Gasteiger partial charge >= 0.3 is 0 Å². The van der Waals surface area contributed by atoms with Crippen molar-refractivity contribution in [2.24, 2.45) is 5.41 Å². The Morgan fingerprint density at radius 2 is 1.85 bits per heavy atom. The van der Waals surface area contributed by atoms with Crippen LogP contribution in [0.5, 0.6) is 0 Å². The Kier molecular flexibility index (Phi) is 4.55. The van der Waals surface area contributed by atoms with Gasteiger partial charge in [-0.1, -0.05) is 38.8 Å². The first-order chi connectivity index (χ1) is 9.29. The molecule has 1 unspecified atom stereocenters. The van der Waals surface area contributed by atoms with E-state index in [1.807, 2.05) is 12.1 Å². The fourth-order valence-corrected chi connectivity index (χ4v) is 3.60. The topological polar surface area (TPSA) is 46.2 Å². The van der Waals surface area contributed by atoms with Crippen molar-refractivity contribution in [3.8, 4) is 0 Å². The van der Waals surface area contributed by atoms with Crippen LogP contribution < -0.4 is 5.32 Å². The van der Waals surface area contributed by atoms with Gasteiger partial charge in [0.05, 0.1) is 4.90 Å². The van der Waals surface area contributed by atoms with Crippen LogP contribution in [0.2, 0.25) is 0 Å². The number of hydrogen-bond donors (Lipinski definition) is 1. The predicted molar refractivity (Wildman–Crippen MR) is 82.4 cm³/mol. The predicted octanol–water partition coefficient (Wildman–Crippen LogP) is 3.15. The fourth-order valence-electron chi connectivity index (χ4n) is 2.97. The van der Waals surface area contributed by atoms with Crippen LogP contribution in [0.4, 0.5) is 0 Å². The molecule has 1 atom stereocenters. The summed E-state index contributed by atoms with van der Waals surface area (Å²) in [6.07, 6.45) is 6.37. The Bertz CT molecular complexity index is 546. The molecular formula is C16H25NO2S. The maximum atomic E-state index is 11.4. The summed E-state index contributed by atoms with van der Waals surface area (Å²) in [5, 5.41) is 3.64. The highest BCUT2D eigenvalue weighted by Gasteiger charge is 2.31. The zero-order valence-corrected chi connectivity index (χ0v) is 13.5. The lowest BCUT2D eigenvalue weighted by Crippen LogP contribution is -2.43. The summed E-state index contributed by atoms with van der Waals surface area (Å²) < 4.78 is 22.8. The first kappa shape index (κ1) is 15.5. The highest BCUT2D eigenvalue weighted by atomic mass is 32.2. The molecule has 1 aliphatic carbocycles. The van der Waals surface area contributed by atoms with Crippen LogP contribution in [-0.2, 0) is 16.4 Å². The molecule has 0 spiro atoms. The lowest BCUT2D eigenvalue weighted by atomic mass is 9.73. The summed E-state index contributed by atoms with van der Waals surface area (Å²) >= 11 is 0. The second kappa shape index (κ2) is 5.86. The molecule has 0 bridgehead atoms. The summed E-state index contributed by atoms with van der Waals surface area (Å²) in [6.45, 7) is 5.46. The van der Waals surface area contributed by atoms with Gasteiger partial charge in [-0.3, -0.25) is 0 Å². The van der Waals surface area contributed by atoms with E-state index in [-0.39, 0.29) is 0 Å². The monoisotopic (exact) mass is 295 g/mol. The largest absolute Gasteiger partial charge is 0.309 e. The Morgan fingerprint density at radius 1 is 1.20 bits per heavy atom. The minimum atomic E-state index is -3.09. The zero-order valence-electron chi connectivity index (χ0n) is 12.6. The van der Waals surface area contributed by atoms with Crippen LogP contribution in [0, 0.1) is 5.41 Å². The first-order valence-electron chi connectivity index (χ1n) is 7.31. The van der Waals surface area contributed by atoms with Gasteiger partial charge in [-0.05, 0) is 36.0 Å². The number of hydrogen-bond acceptors (Lipinski definition) is 3. The molecule has 0 aliphatic heterocycles. The summed E-state index contributed by atoms with van der Waals surface area (Å²) in [5.74, 6) is 0. The smallest absolute Gasteiger partial charge is 0.175 e. The molecular weight excluding hydrogens is 270 g/mol. The molecule has 3 nitrogen and oxygen atoms in total. The summed E-state index contributed by atoms with van der Waals surface area (Å²) in [6, 6.07) is 7.74. The van der Waals surface area contributed by atoms with Crippen LogP contribution in [-0.4, -0.2) is 20.7 Å². The number of sulfone groups is 1. The molecule has 1 N–H and O–H groups in total. The molecule has 0 aromatic heterocycles. The van der Waals surface area contributed by atoms with Crippen molar-refractivity contribution < 1.29 is 8.42 Å². The van der Waals surface area contributed by atoms with Crippen molar-refractivity contribution in [3.05, 3.63) is 29.8 Å². The van der Waals surface area contributed by atoms with Crippen molar-refractivity contribution in [3.63, 3.8) is 0 Å². The van der Waals surface area contributed by atoms with Crippen molar-refractivity contribution in [1.29, 1.82) is 0 Å². The van der Waals surface area contributed by atoms with Crippen molar-refractivity contribution >= 4 is 9.84 Å². The van der Waals surface area contributed by atoms with Crippen LogP contribution in [0.15, 0.2) is 29.2 Å². The molecule has 0 saturated heterocycles. The minimum absolute atomic E-state index is 0.352. The third kappa shape index (κ3) is 3.83. The number of benzene rings is 1. The second-order valence-electron chi connectivity index (χ2n) is 6.58. The molecule has 2 rings (SSSR count). The van der Waals surface area contributed by atoms with Gasteiger partial charge in [0.2, 0.25) is 0 Å². The molecule has 1 aliphatic rings. The van der Waals surface area contributed by atoms with E-state index in [0.717, 1.165) is 12.1 Å². The minimum Gasteiger partial charge on any atom is -0.309 e. The molecule has 0 heterocycles. The molecule has 1 fully saturated rings. The molecule has 20 heavy (non-hydrogen) atoms. The third-order valence-corrected chi connectivity index (χ3v) is 5.54. The van der Waals surface area contributed by atoms with Gasteiger partial charge in [0.15, 0.2) is 9.84 Å². The average molecular weight is 295 g/mol. The third-order valence-electron chi connectivity index (χ3n) is 4.41. The lowest BCUT2D eigenvalue weighted by molar-refractivity contribution is 0.167. The van der Waals surface area contributed by atoms with E-state index >= 15 is 0 Å². The van der Waals surface area contributed by atoms with E-state index in [2.05, 4.69) is 19.2 Å². The molecule has 1 saturated carbocycles. The van der Waals surface area contributed by atoms with Gasteiger partial charge in [-0.2, -0.15) is 0 Å². The van der Waals surface area contributed by atoms with Crippen LogP contribution in [0.25, 0.3) is 0 Å². The van der Waals surface area contributed by atoms with E-state index in [4.69, 9.17) is 0 Å². The van der Waals surface area contributed by atoms with E-state index in [9.17, 15) is 8.42 Å². The Balaban J connectivity index is 1.97. The van der Waals surface area contributed by atoms with E-state index in [0.29, 0.717) is 16.4 Å². The van der Waals surface area contributed by atoms with Gasteiger partial charge < -0.3 is 5.32 Å². The summed E-state index contributed by atoms with van der Waals surface area (Å²) in [4.78, 5) is 0.388. The number of nitrogens with one attached hydrogen (secondary N) is 1. The number of rotatable bonds is 4. The highest BCUT2D eigenvalue weighted by molar-refractivity contribution is 7.90. The Morgan fingerprint density at radius 3 is 2.40 bits per heavy atom. The maximum Gasteiger partial charge on any atom is 0.175 e. The summed E-state index contributed by atoms with van der Waals surface area (Å²) in [7, 11) is -3.09. The second-order valence-corrected chi connectivity index (χ2v) is 8.60. The SMILES string of the molecule is CC1(C)CCCCC1NCc1ccc(S(C)(=O)=O)cc1. The fraction of sp³-hybridized carbons (Fsp3) is 0.625. The van der Waals surface area contributed by atoms with Crippen LogP contribution in [0.3, 0.4) is 0 Å². The lowest BCUT2D eigenvalue weighted by Gasteiger charge is -2.39. The quantitative estimate of drug-likeness (QED) is 0.928. The van der Waals surface area contributed by atoms with Crippen LogP contribution in [0.1, 0.15) is 45.1 Å². The normalized spacial score (nSPS) is 22.6. The van der Waals surface area contributed by atoms with Gasteiger partial charge in [0, 0.05) is 18.8 Å². The van der Waals surface area contributed by atoms with Gasteiger partial charge in [-0.15, -0.1) is 0 Å². The highest BCUT2D eigenvalue weighted by Crippen LogP contribution is 2.35. The van der Waals surface area contributed by atoms with Gasteiger partial charge in [-0.25, -0.2) is 8.42 Å². The van der Waals surface area contributed by atoms with E-state index in [1.54, 1.807) is 12.1 Å². The van der Waals surface area contributed by atoms with E-state index in [1.165, 1.54) is 31.9 Å². The molecule has 0 radical (unpaired) electrons. The van der Waals surface area contributed by atoms with Gasteiger partial charge in [0.1, 0.15) is 0 Å². The zero-order chi connectivity index (χ0) is 14.8. The molecule has 4 heteroatoms. The van der Waals surface area contributed by atoms with Gasteiger partial charge in [0.25, 0.3) is 0 Å². The Hall–Kier alpha value is -0.870. The molecule has 1 aromatic rings. The molecule has 1 aromatic carbocycles. The molecule has 0 amide bonds. The summed E-state index contributed by atoms with van der Waals surface area (Å²) in [5.41, 5.74) is 1.49. The molecule has 112 valence electrons. The van der Waals surface area contributed by atoms with Crippen molar-refractivity contribution in [2.75, 3.05) is 6.26 Å². The average Bonchev–Trinajstić information content (AvgIpc) is 2.36. The van der Waals surface area contributed by atoms with E-state index < -0.39 is 9.84 Å². The van der Waals surface area contributed by atoms with Crippen LogP contribution >= 0.6 is 0 Å². The maximum absolute atomic E-state index is 11.4. The first-order valence-corrected chi connectivity index (χ1v) is 9.20. The standard InChI is InChI=1S/C16H25NO2S/c1-16(2)11-5-4-6-15(16)17-12-13-7-9-14(10-8-13)20(3,18)19/h7-10,15,17H,4-6,11-12H2,1-3H3. The van der Waals surface area contributed by atoms with Crippen molar-refractivity contribution in [2.45, 2.75) is 57.0 Å².